The smallest absolute Gasteiger partial charge is 0.334 e. The van der Waals surface area contributed by atoms with Crippen LogP contribution in [0.3, 0.4) is 0 Å². The quantitative estimate of drug-likeness (QED) is 0.707. The van der Waals surface area contributed by atoms with Crippen molar-refractivity contribution in [1.29, 1.82) is 0 Å². The number of furan rings is 1. The summed E-state index contributed by atoms with van der Waals surface area (Å²) in [6, 6.07) is 1.81. The van der Waals surface area contributed by atoms with E-state index < -0.39 is 29.0 Å². The maximum Gasteiger partial charge on any atom is 0.334 e. The molecule has 2 saturated heterocycles. The Morgan fingerprint density at radius 2 is 2.14 bits per heavy atom. The first-order chi connectivity index (χ1) is 13.9. The van der Waals surface area contributed by atoms with Crippen molar-refractivity contribution in [2.75, 3.05) is 6.61 Å². The minimum absolute atomic E-state index is 0.0225. The van der Waals surface area contributed by atoms with E-state index in [-0.39, 0.29) is 36.8 Å². The second-order valence-corrected chi connectivity index (χ2v) is 8.48. The van der Waals surface area contributed by atoms with Crippen LogP contribution in [0.5, 0.6) is 0 Å². The van der Waals surface area contributed by atoms with Crippen LogP contribution < -0.4 is 0 Å². The van der Waals surface area contributed by atoms with Gasteiger partial charge in [0, 0.05) is 36.3 Å². The van der Waals surface area contributed by atoms with Crippen molar-refractivity contribution in [3.8, 4) is 0 Å². The summed E-state index contributed by atoms with van der Waals surface area (Å²) in [4.78, 5) is 37.6. The van der Waals surface area contributed by atoms with E-state index in [4.69, 9.17) is 18.6 Å². The van der Waals surface area contributed by atoms with Gasteiger partial charge in [-0.3, -0.25) is 9.59 Å². The maximum atomic E-state index is 13.2. The molecule has 152 valence electrons. The van der Waals surface area contributed by atoms with Crippen LogP contribution >= 0.6 is 0 Å². The van der Waals surface area contributed by atoms with Crippen LogP contribution in [0.15, 0.2) is 46.8 Å². The zero-order valence-corrected chi connectivity index (χ0v) is 16.3. The molecule has 4 aliphatic rings. The van der Waals surface area contributed by atoms with Gasteiger partial charge < -0.3 is 18.6 Å². The highest BCUT2D eigenvalue weighted by atomic mass is 16.7. The third kappa shape index (κ3) is 2.37. The SMILES string of the molecule is CC(=O)O[C@@H]1O[C@H](c2ccoc2)C[C@]12[C@H](C)C(=O)C[C@@]13COC(=O)C1=CC=C[C@@H]32. The Labute approximate surface area is 167 Å². The van der Waals surface area contributed by atoms with Crippen LogP contribution in [-0.2, 0) is 28.6 Å². The molecule has 0 aromatic carbocycles. The lowest BCUT2D eigenvalue weighted by atomic mass is 9.47. The van der Waals surface area contributed by atoms with Crippen molar-refractivity contribution in [3.63, 3.8) is 0 Å². The summed E-state index contributed by atoms with van der Waals surface area (Å²) in [7, 11) is 0. The molecule has 29 heavy (non-hydrogen) atoms. The van der Waals surface area contributed by atoms with Crippen LogP contribution in [0, 0.1) is 22.7 Å². The number of ketones is 1. The van der Waals surface area contributed by atoms with Crippen LogP contribution in [0.4, 0.5) is 0 Å². The number of hydrogen-bond donors (Lipinski definition) is 0. The average Bonchev–Trinajstić information content (AvgIpc) is 3.39. The topological polar surface area (TPSA) is 92.0 Å². The van der Waals surface area contributed by atoms with Crippen LogP contribution in [0.2, 0.25) is 0 Å². The van der Waals surface area contributed by atoms with Gasteiger partial charge in [0.25, 0.3) is 0 Å². The van der Waals surface area contributed by atoms with Gasteiger partial charge in [0.15, 0.2) is 0 Å². The Balaban J connectivity index is 1.66. The number of allylic oxidation sites excluding steroid dienone is 3. The van der Waals surface area contributed by atoms with Crippen molar-refractivity contribution >= 4 is 17.7 Å². The normalized spacial score (nSPS) is 40.4. The minimum Gasteiger partial charge on any atom is -0.472 e. The molecule has 1 aromatic rings. The highest BCUT2D eigenvalue weighted by Crippen LogP contribution is 2.66. The van der Waals surface area contributed by atoms with E-state index in [1.807, 2.05) is 25.1 Å². The second-order valence-electron chi connectivity index (χ2n) is 8.48. The molecule has 7 nitrogen and oxygen atoms in total. The number of carbonyl (C=O) groups is 3. The van der Waals surface area contributed by atoms with Crippen molar-refractivity contribution in [2.24, 2.45) is 22.7 Å². The molecule has 2 aliphatic heterocycles. The summed E-state index contributed by atoms with van der Waals surface area (Å²) in [5.41, 5.74) is -0.208. The number of ether oxygens (including phenoxy) is 3. The summed E-state index contributed by atoms with van der Waals surface area (Å²) in [6.07, 6.45) is 8.16. The Bertz CT molecular complexity index is 942. The molecule has 0 bridgehead atoms. The molecule has 6 atom stereocenters. The highest BCUT2D eigenvalue weighted by Gasteiger charge is 2.70. The first kappa shape index (κ1) is 18.4. The molecule has 3 fully saturated rings. The van der Waals surface area contributed by atoms with Gasteiger partial charge in [-0.05, 0) is 12.5 Å². The van der Waals surface area contributed by atoms with Crippen molar-refractivity contribution in [3.05, 3.63) is 48.0 Å². The van der Waals surface area contributed by atoms with E-state index in [2.05, 4.69) is 0 Å². The molecule has 2 aliphatic carbocycles. The van der Waals surface area contributed by atoms with Crippen molar-refractivity contribution < 1.29 is 33.0 Å². The monoisotopic (exact) mass is 398 g/mol. The van der Waals surface area contributed by atoms with Crippen molar-refractivity contribution in [1.82, 2.24) is 0 Å². The van der Waals surface area contributed by atoms with Crippen molar-refractivity contribution in [2.45, 2.75) is 39.1 Å². The Hall–Kier alpha value is -2.67. The summed E-state index contributed by atoms with van der Waals surface area (Å²) >= 11 is 0. The van der Waals surface area contributed by atoms with Gasteiger partial charge in [-0.1, -0.05) is 25.2 Å². The molecule has 3 heterocycles. The second kappa shape index (κ2) is 6.16. The van der Waals surface area contributed by atoms with E-state index in [1.54, 1.807) is 18.6 Å². The minimum atomic E-state index is -0.916. The predicted molar refractivity (Wildman–Crippen MR) is 98.0 cm³/mol. The molecule has 0 amide bonds. The third-order valence-electron chi connectivity index (χ3n) is 7.19. The summed E-state index contributed by atoms with van der Waals surface area (Å²) in [5.74, 6) is -1.49. The molecule has 5 rings (SSSR count). The molecular weight excluding hydrogens is 376 g/mol. The number of hydrogen-bond acceptors (Lipinski definition) is 7. The summed E-state index contributed by atoms with van der Waals surface area (Å²) < 4.78 is 22.5. The molecular formula is C22H22O7. The average molecular weight is 398 g/mol. The van der Waals surface area contributed by atoms with Gasteiger partial charge in [0.05, 0.1) is 29.5 Å². The molecule has 7 heteroatoms. The molecule has 0 radical (unpaired) electrons. The third-order valence-corrected chi connectivity index (χ3v) is 7.19. The van der Waals surface area contributed by atoms with Gasteiger partial charge in [-0.25, -0.2) is 4.79 Å². The molecule has 2 spiro atoms. The van der Waals surface area contributed by atoms with E-state index in [9.17, 15) is 14.4 Å². The largest absolute Gasteiger partial charge is 0.472 e. The van der Waals surface area contributed by atoms with Gasteiger partial charge >= 0.3 is 11.9 Å². The number of fused-ring (bicyclic) bond motifs is 1. The standard InChI is InChI=1S/C22H22O7/c1-12-16(24)8-21-11-27-19(25)15(21)4-3-5-18(21)22(12)9-17(14-6-7-26-10-14)29-20(22)28-13(2)23/h3-7,10,12,17-18,20H,8-9,11H2,1-2H3/t12-,17+,18+,20-,21-,22-/m1/s1. The Morgan fingerprint density at radius 3 is 2.86 bits per heavy atom. The number of Topliss-reactive ketones (excluding diaryl/α,β-unsaturated/α-hetero) is 1. The van der Waals surface area contributed by atoms with Crippen LogP contribution in [-0.4, -0.2) is 30.6 Å². The van der Waals surface area contributed by atoms with E-state index in [0.717, 1.165) is 5.56 Å². The number of carbonyl (C=O) groups excluding carboxylic acids is 3. The zero-order chi connectivity index (χ0) is 20.4. The van der Waals surface area contributed by atoms with E-state index in [0.29, 0.717) is 12.0 Å². The van der Waals surface area contributed by atoms with Crippen LogP contribution in [0.1, 0.15) is 38.4 Å². The lowest BCUT2D eigenvalue weighted by molar-refractivity contribution is -0.214. The first-order valence-corrected chi connectivity index (χ1v) is 9.82. The zero-order valence-electron chi connectivity index (χ0n) is 16.3. The van der Waals surface area contributed by atoms with Gasteiger partial charge in [0.2, 0.25) is 6.29 Å². The fourth-order valence-electron chi connectivity index (χ4n) is 5.81. The van der Waals surface area contributed by atoms with E-state index in [1.165, 1.54) is 6.92 Å². The first-order valence-electron chi connectivity index (χ1n) is 9.82. The lowest BCUT2D eigenvalue weighted by Gasteiger charge is -2.54. The molecule has 1 aromatic heterocycles. The molecule has 1 saturated carbocycles. The summed E-state index contributed by atoms with van der Waals surface area (Å²) in [6.45, 7) is 3.35. The van der Waals surface area contributed by atoms with Crippen LogP contribution in [0.25, 0.3) is 0 Å². The Morgan fingerprint density at radius 1 is 1.31 bits per heavy atom. The number of rotatable bonds is 2. The molecule has 0 N–H and O–H groups in total. The Kier molecular flexibility index (Phi) is 3.90. The maximum absolute atomic E-state index is 13.2. The summed E-state index contributed by atoms with van der Waals surface area (Å²) in [5, 5.41) is 0. The number of esters is 2. The fourth-order valence-corrected chi connectivity index (χ4v) is 5.81. The van der Waals surface area contributed by atoms with Gasteiger partial charge in [-0.2, -0.15) is 0 Å². The highest BCUT2D eigenvalue weighted by molar-refractivity contribution is 5.96. The van der Waals surface area contributed by atoms with Gasteiger partial charge in [0.1, 0.15) is 12.4 Å². The van der Waals surface area contributed by atoms with E-state index >= 15 is 0 Å². The lowest BCUT2D eigenvalue weighted by Crippen LogP contribution is -2.59. The predicted octanol–water partition coefficient (Wildman–Crippen LogP) is 2.88. The fraction of sp³-hybridized carbons (Fsp3) is 0.500. The number of cyclic esters (lactones) is 1. The molecule has 0 unspecified atom stereocenters. The van der Waals surface area contributed by atoms with Gasteiger partial charge in [-0.15, -0.1) is 0 Å².